The Labute approximate surface area is 89.4 Å². The average Bonchev–Trinajstić information content (AvgIpc) is 2.47. The molecule has 0 amide bonds. The van der Waals surface area contributed by atoms with Crippen LogP contribution in [0, 0.1) is 5.92 Å². The first-order valence-electron chi connectivity index (χ1n) is 4.31. The van der Waals surface area contributed by atoms with E-state index in [1.165, 1.54) is 0 Å². The monoisotopic (exact) mass is 177 g/mol. The molecule has 0 bridgehead atoms. The summed E-state index contributed by atoms with van der Waals surface area (Å²) in [5.74, 6) is -1.24. The number of carbonyl (C=O) groups excluding carboxylic acids is 1. The summed E-state index contributed by atoms with van der Waals surface area (Å²) in [7, 11) is 0. The molecule has 0 spiro atoms. The number of carbonyl (C=O) groups is 1. The van der Waals surface area contributed by atoms with E-state index in [-0.39, 0.29) is 30.8 Å². The zero-order chi connectivity index (χ0) is 8.55. The van der Waals surface area contributed by atoms with Gasteiger partial charge in [0.1, 0.15) is 0 Å². The Morgan fingerprint density at radius 1 is 1.46 bits per heavy atom. The van der Waals surface area contributed by atoms with Gasteiger partial charge < -0.3 is 14.6 Å². The van der Waals surface area contributed by atoms with E-state index in [4.69, 9.17) is 4.74 Å². The average molecular weight is 177 g/mol. The largest absolute Gasteiger partial charge is 1.00 e. The number of carboxylic acids is 1. The molecule has 2 fully saturated rings. The molecule has 2 rings (SSSR count). The number of aliphatic carboxylic acids is 1. The van der Waals surface area contributed by atoms with Gasteiger partial charge >= 0.3 is 18.9 Å². The quantitative estimate of drug-likeness (QED) is 0.379. The standard InChI is InChI=1S/C8H13NO3.Li/c10-8(11)6-1-2-9-3-4-12-5-7(6)9;/h6-7H,1-5H2,(H,10,11);/q;+1/p-1. The van der Waals surface area contributed by atoms with Gasteiger partial charge in [-0.15, -0.1) is 0 Å². The van der Waals surface area contributed by atoms with Gasteiger partial charge in [-0.25, -0.2) is 0 Å². The number of fused-ring (bicyclic) bond motifs is 1. The van der Waals surface area contributed by atoms with Crippen molar-refractivity contribution in [3.8, 4) is 0 Å². The zero-order valence-corrected chi connectivity index (χ0v) is 7.86. The number of hydrogen-bond donors (Lipinski definition) is 0. The number of ether oxygens (including phenoxy) is 1. The molecule has 2 aliphatic rings. The molecule has 2 saturated heterocycles. The smallest absolute Gasteiger partial charge is 0.550 e. The molecule has 68 valence electrons. The van der Waals surface area contributed by atoms with Crippen LogP contribution in [0.1, 0.15) is 6.42 Å². The maximum atomic E-state index is 10.7. The summed E-state index contributed by atoms with van der Waals surface area (Å²) >= 11 is 0. The topological polar surface area (TPSA) is 52.6 Å². The van der Waals surface area contributed by atoms with Gasteiger partial charge in [0.15, 0.2) is 0 Å². The minimum atomic E-state index is -0.923. The van der Waals surface area contributed by atoms with Crippen molar-refractivity contribution >= 4 is 5.97 Å². The second kappa shape index (κ2) is 4.47. The molecule has 2 atom stereocenters. The van der Waals surface area contributed by atoms with Crippen molar-refractivity contribution in [3.05, 3.63) is 0 Å². The predicted molar refractivity (Wildman–Crippen MR) is 39.3 cm³/mol. The molecule has 0 aromatic rings. The second-order valence-electron chi connectivity index (χ2n) is 3.39. The summed E-state index contributed by atoms with van der Waals surface area (Å²) in [5, 5.41) is 10.7. The van der Waals surface area contributed by atoms with Gasteiger partial charge in [-0.2, -0.15) is 0 Å². The maximum Gasteiger partial charge on any atom is 1.00 e. The summed E-state index contributed by atoms with van der Waals surface area (Å²) in [6, 6.07) is 0.0729. The van der Waals surface area contributed by atoms with Crippen LogP contribution in [-0.2, 0) is 9.53 Å². The van der Waals surface area contributed by atoms with E-state index in [1.807, 2.05) is 0 Å². The third-order valence-electron chi connectivity index (χ3n) is 2.77. The fourth-order valence-corrected chi connectivity index (χ4v) is 2.08. The predicted octanol–water partition coefficient (Wildman–Crippen LogP) is -4.54. The Hall–Kier alpha value is -0.0126. The summed E-state index contributed by atoms with van der Waals surface area (Å²) in [6.07, 6.45) is 0.719. The number of morpholine rings is 1. The third kappa shape index (κ3) is 2.08. The first-order valence-corrected chi connectivity index (χ1v) is 4.31. The van der Waals surface area contributed by atoms with E-state index in [0.29, 0.717) is 6.61 Å². The number of rotatable bonds is 1. The van der Waals surface area contributed by atoms with Crippen LogP contribution in [0.3, 0.4) is 0 Å². The van der Waals surface area contributed by atoms with E-state index < -0.39 is 5.97 Å². The summed E-state index contributed by atoms with van der Waals surface area (Å²) < 4.78 is 5.23. The number of carboxylic acid groups (broad SMARTS) is 1. The molecule has 0 N–H and O–H groups in total. The fourth-order valence-electron chi connectivity index (χ4n) is 2.08. The number of hydrogen-bond acceptors (Lipinski definition) is 4. The minimum Gasteiger partial charge on any atom is -0.550 e. The van der Waals surface area contributed by atoms with Crippen LogP contribution in [0.25, 0.3) is 0 Å². The van der Waals surface area contributed by atoms with E-state index >= 15 is 0 Å². The Bertz CT molecular complexity index is 200. The Morgan fingerprint density at radius 2 is 2.23 bits per heavy atom. The zero-order valence-electron chi connectivity index (χ0n) is 7.86. The maximum absolute atomic E-state index is 10.7. The van der Waals surface area contributed by atoms with Crippen molar-refractivity contribution in [2.24, 2.45) is 5.92 Å². The van der Waals surface area contributed by atoms with E-state index in [9.17, 15) is 9.90 Å². The van der Waals surface area contributed by atoms with Crippen LogP contribution >= 0.6 is 0 Å². The summed E-state index contributed by atoms with van der Waals surface area (Å²) in [5.41, 5.74) is 0. The van der Waals surface area contributed by atoms with Crippen LogP contribution in [-0.4, -0.2) is 43.2 Å². The van der Waals surface area contributed by atoms with Crippen LogP contribution < -0.4 is 24.0 Å². The normalized spacial score (nSPS) is 33.5. The second-order valence-corrected chi connectivity index (χ2v) is 3.39. The SMILES string of the molecule is O=C([O-])C1CCN2CCOCC12.[Li+]. The molecule has 5 heteroatoms. The van der Waals surface area contributed by atoms with E-state index in [2.05, 4.69) is 4.90 Å². The molecule has 2 heterocycles. The van der Waals surface area contributed by atoms with Crippen molar-refractivity contribution in [2.45, 2.75) is 12.5 Å². The molecule has 13 heavy (non-hydrogen) atoms. The third-order valence-corrected chi connectivity index (χ3v) is 2.77. The molecule has 0 aromatic carbocycles. The molecule has 4 nitrogen and oxygen atoms in total. The Balaban J connectivity index is 0.000000845. The Morgan fingerprint density at radius 3 is 2.92 bits per heavy atom. The van der Waals surface area contributed by atoms with Gasteiger partial charge in [0, 0.05) is 24.5 Å². The first-order chi connectivity index (χ1) is 5.79. The van der Waals surface area contributed by atoms with E-state index in [0.717, 1.165) is 26.1 Å². The van der Waals surface area contributed by atoms with Crippen molar-refractivity contribution in [2.75, 3.05) is 26.3 Å². The van der Waals surface area contributed by atoms with Gasteiger partial charge in [0.05, 0.1) is 13.2 Å². The van der Waals surface area contributed by atoms with Crippen LogP contribution in [0.15, 0.2) is 0 Å². The van der Waals surface area contributed by atoms with Crippen molar-refractivity contribution in [3.63, 3.8) is 0 Å². The molecule has 0 saturated carbocycles. The van der Waals surface area contributed by atoms with Crippen molar-refractivity contribution in [1.29, 1.82) is 0 Å². The van der Waals surface area contributed by atoms with Crippen molar-refractivity contribution in [1.82, 2.24) is 4.90 Å². The minimum absolute atomic E-state index is 0. The summed E-state index contributed by atoms with van der Waals surface area (Å²) in [6.45, 7) is 3.04. The molecule has 2 aliphatic heterocycles. The van der Waals surface area contributed by atoms with E-state index in [1.54, 1.807) is 0 Å². The van der Waals surface area contributed by atoms with Gasteiger partial charge in [-0.3, -0.25) is 4.90 Å². The number of nitrogens with zero attached hydrogens (tertiary/aromatic N) is 1. The summed E-state index contributed by atoms with van der Waals surface area (Å²) in [4.78, 5) is 12.8. The van der Waals surface area contributed by atoms with Crippen LogP contribution in [0.2, 0.25) is 0 Å². The Kier molecular flexibility index (Phi) is 3.81. The van der Waals surface area contributed by atoms with Crippen molar-refractivity contribution < 1.29 is 33.5 Å². The van der Waals surface area contributed by atoms with Gasteiger partial charge in [-0.05, 0) is 13.0 Å². The molecular formula is C8H12LiNO3. The molecule has 0 aromatic heterocycles. The van der Waals surface area contributed by atoms with Crippen LogP contribution in [0.4, 0.5) is 0 Å². The van der Waals surface area contributed by atoms with Crippen LogP contribution in [0.5, 0.6) is 0 Å². The fraction of sp³-hybridized carbons (Fsp3) is 0.875. The first kappa shape index (κ1) is 11.1. The molecule has 2 unspecified atom stereocenters. The molecule has 0 aliphatic carbocycles. The van der Waals surface area contributed by atoms with Gasteiger partial charge in [0.25, 0.3) is 0 Å². The molecular weight excluding hydrogens is 165 g/mol. The van der Waals surface area contributed by atoms with Gasteiger partial charge in [0.2, 0.25) is 0 Å². The molecule has 0 radical (unpaired) electrons. The van der Waals surface area contributed by atoms with Gasteiger partial charge in [-0.1, -0.05) is 0 Å².